The number of anilines is 2. The number of hydrogen-bond donors (Lipinski definition) is 2. The second-order valence-corrected chi connectivity index (χ2v) is 4.69. The maximum Gasteiger partial charge on any atom is 0.337 e. The Morgan fingerprint density at radius 3 is 2.33 bits per heavy atom. The second-order valence-electron chi connectivity index (χ2n) is 4.69. The van der Waals surface area contributed by atoms with Gasteiger partial charge in [-0.15, -0.1) is 5.11 Å². The van der Waals surface area contributed by atoms with Crippen molar-refractivity contribution in [2.45, 2.75) is 0 Å². The van der Waals surface area contributed by atoms with Crippen LogP contribution in [0, 0.1) is 0 Å². The third kappa shape index (κ3) is 3.56. The number of nitrogens with zero attached hydrogens (tertiary/aromatic N) is 3. The van der Waals surface area contributed by atoms with Crippen LogP contribution < -0.4 is 10.6 Å². The van der Waals surface area contributed by atoms with Gasteiger partial charge in [0.2, 0.25) is 0 Å². The minimum atomic E-state index is -1.04. The molecule has 2 rings (SSSR count). The summed E-state index contributed by atoms with van der Waals surface area (Å²) in [5.41, 5.74) is 8.11. The van der Waals surface area contributed by atoms with Gasteiger partial charge in [-0.2, -0.15) is 5.11 Å². The Hall–Kier alpha value is -2.89. The minimum absolute atomic E-state index is 0.111. The van der Waals surface area contributed by atoms with Crippen LogP contribution in [0.2, 0.25) is 0 Å². The van der Waals surface area contributed by atoms with Gasteiger partial charge in [0, 0.05) is 25.5 Å². The van der Waals surface area contributed by atoms with Crippen molar-refractivity contribution in [3.05, 3.63) is 48.0 Å². The molecule has 108 valence electrons. The van der Waals surface area contributed by atoms with Gasteiger partial charge in [0.15, 0.2) is 0 Å². The molecule has 6 nitrogen and oxygen atoms in total. The van der Waals surface area contributed by atoms with Crippen molar-refractivity contribution in [3.8, 4) is 0 Å². The maximum atomic E-state index is 11.2. The van der Waals surface area contributed by atoms with Crippen LogP contribution in [0.25, 0.3) is 0 Å². The average molecular weight is 284 g/mol. The summed E-state index contributed by atoms with van der Waals surface area (Å²) in [6, 6.07) is 11.8. The molecule has 0 saturated carbocycles. The fraction of sp³-hybridized carbons (Fsp3) is 0.133. The van der Waals surface area contributed by atoms with Crippen molar-refractivity contribution in [2.24, 2.45) is 10.2 Å². The van der Waals surface area contributed by atoms with Gasteiger partial charge in [0.25, 0.3) is 0 Å². The lowest BCUT2D eigenvalue weighted by atomic mass is 10.1. The Morgan fingerprint density at radius 1 is 1.10 bits per heavy atom. The van der Waals surface area contributed by atoms with Gasteiger partial charge in [-0.1, -0.05) is 0 Å². The highest BCUT2D eigenvalue weighted by Gasteiger charge is 2.11. The fourth-order valence-corrected chi connectivity index (χ4v) is 1.71. The lowest BCUT2D eigenvalue weighted by molar-refractivity contribution is 0.0698. The van der Waals surface area contributed by atoms with Crippen molar-refractivity contribution < 1.29 is 9.90 Å². The van der Waals surface area contributed by atoms with Gasteiger partial charge in [0.05, 0.1) is 11.3 Å². The summed E-state index contributed by atoms with van der Waals surface area (Å²) >= 11 is 0. The van der Waals surface area contributed by atoms with E-state index in [1.807, 2.05) is 19.0 Å². The van der Waals surface area contributed by atoms with E-state index < -0.39 is 5.97 Å². The molecule has 0 heterocycles. The normalized spacial score (nSPS) is 10.8. The predicted octanol–water partition coefficient (Wildman–Crippen LogP) is 3.45. The largest absolute Gasteiger partial charge is 0.478 e. The average Bonchev–Trinajstić information content (AvgIpc) is 2.46. The van der Waals surface area contributed by atoms with Gasteiger partial charge >= 0.3 is 5.97 Å². The standard InChI is InChI=1S/C15H16N4O2/c1-19(2)12-7-8-13(15(20)21)14(9-12)18-17-11-5-3-10(16)4-6-11/h3-9H,16H2,1-2H3,(H,20,21). The van der Waals surface area contributed by atoms with Crippen LogP contribution >= 0.6 is 0 Å². The van der Waals surface area contributed by atoms with Crippen LogP contribution in [0.1, 0.15) is 10.4 Å². The lowest BCUT2D eigenvalue weighted by Gasteiger charge is -2.13. The summed E-state index contributed by atoms with van der Waals surface area (Å²) in [5.74, 6) is -1.04. The summed E-state index contributed by atoms with van der Waals surface area (Å²) in [6.45, 7) is 0. The second kappa shape index (κ2) is 6.04. The van der Waals surface area contributed by atoms with E-state index in [0.717, 1.165) is 5.69 Å². The zero-order valence-electron chi connectivity index (χ0n) is 11.8. The van der Waals surface area contributed by atoms with Crippen molar-refractivity contribution in [1.29, 1.82) is 0 Å². The molecule has 21 heavy (non-hydrogen) atoms. The van der Waals surface area contributed by atoms with Crippen molar-refractivity contribution in [3.63, 3.8) is 0 Å². The molecular weight excluding hydrogens is 268 g/mol. The van der Waals surface area contributed by atoms with Gasteiger partial charge in [-0.25, -0.2) is 4.79 Å². The van der Waals surface area contributed by atoms with E-state index in [1.54, 1.807) is 36.4 Å². The Labute approximate surface area is 122 Å². The number of rotatable bonds is 4. The summed E-state index contributed by atoms with van der Waals surface area (Å²) in [7, 11) is 3.74. The molecule has 0 aromatic heterocycles. The molecule has 3 N–H and O–H groups in total. The number of carboxylic acids is 1. The minimum Gasteiger partial charge on any atom is -0.478 e. The van der Waals surface area contributed by atoms with Crippen molar-refractivity contribution in [2.75, 3.05) is 24.7 Å². The highest BCUT2D eigenvalue weighted by Crippen LogP contribution is 2.27. The molecule has 0 amide bonds. The Bertz CT molecular complexity index is 679. The van der Waals surface area contributed by atoms with Gasteiger partial charge in [-0.3, -0.25) is 0 Å². The molecule has 2 aromatic carbocycles. The van der Waals surface area contributed by atoms with Crippen LogP contribution in [-0.4, -0.2) is 25.2 Å². The SMILES string of the molecule is CN(C)c1ccc(C(=O)O)c(N=Nc2ccc(N)cc2)c1. The molecule has 0 aliphatic heterocycles. The number of carbonyl (C=O) groups is 1. The molecule has 0 fully saturated rings. The first-order valence-corrected chi connectivity index (χ1v) is 6.29. The van der Waals surface area contributed by atoms with Crippen LogP contribution in [0.3, 0.4) is 0 Å². The number of hydrogen-bond acceptors (Lipinski definition) is 5. The van der Waals surface area contributed by atoms with Crippen molar-refractivity contribution in [1.82, 2.24) is 0 Å². The Kier molecular flexibility index (Phi) is 4.18. The first-order valence-electron chi connectivity index (χ1n) is 6.29. The molecule has 0 aliphatic rings. The van der Waals surface area contributed by atoms with E-state index >= 15 is 0 Å². The summed E-state index contributed by atoms with van der Waals surface area (Å²) in [6.07, 6.45) is 0. The van der Waals surface area contributed by atoms with Gasteiger partial charge < -0.3 is 15.7 Å². The highest BCUT2D eigenvalue weighted by molar-refractivity contribution is 5.94. The first-order chi connectivity index (χ1) is 9.97. The van der Waals surface area contributed by atoms with Crippen LogP contribution in [0.15, 0.2) is 52.7 Å². The van der Waals surface area contributed by atoms with Crippen LogP contribution in [0.4, 0.5) is 22.7 Å². The topological polar surface area (TPSA) is 91.3 Å². The fourth-order valence-electron chi connectivity index (χ4n) is 1.71. The van der Waals surface area contributed by atoms with Crippen LogP contribution in [-0.2, 0) is 0 Å². The molecular formula is C15H16N4O2. The van der Waals surface area contributed by atoms with E-state index in [1.165, 1.54) is 6.07 Å². The van der Waals surface area contributed by atoms with E-state index in [9.17, 15) is 9.90 Å². The molecule has 0 bridgehead atoms. The third-order valence-corrected chi connectivity index (χ3v) is 2.89. The molecule has 0 atom stereocenters. The molecule has 0 spiro atoms. The number of aromatic carboxylic acids is 1. The molecule has 2 aromatic rings. The van der Waals surface area contributed by atoms with E-state index in [4.69, 9.17) is 5.73 Å². The number of nitrogen functional groups attached to an aromatic ring is 1. The number of nitrogens with two attached hydrogens (primary N) is 1. The number of carboxylic acid groups (broad SMARTS) is 1. The number of azo groups is 1. The predicted molar refractivity (Wildman–Crippen MR) is 82.8 cm³/mol. The summed E-state index contributed by atoms with van der Waals surface area (Å²) < 4.78 is 0. The highest BCUT2D eigenvalue weighted by atomic mass is 16.4. The molecule has 0 radical (unpaired) electrons. The van der Waals surface area contributed by atoms with Gasteiger partial charge in [0.1, 0.15) is 5.69 Å². The smallest absolute Gasteiger partial charge is 0.337 e. The first kappa shape index (κ1) is 14.5. The zero-order chi connectivity index (χ0) is 15.4. The quantitative estimate of drug-likeness (QED) is 0.664. The zero-order valence-corrected chi connectivity index (χ0v) is 11.8. The Balaban J connectivity index is 2.38. The van der Waals surface area contributed by atoms with E-state index in [0.29, 0.717) is 17.1 Å². The number of benzene rings is 2. The van der Waals surface area contributed by atoms with E-state index in [-0.39, 0.29) is 5.56 Å². The monoisotopic (exact) mass is 284 g/mol. The molecule has 0 saturated heterocycles. The lowest BCUT2D eigenvalue weighted by Crippen LogP contribution is -2.09. The summed E-state index contributed by atoms with van der Waals surface area (Å²) in [4.78, 5) is 13.1. The third-order valence-electron chi connectivity index (χ3n) is 2.89. The molecule has 0 aliphatic carbocycles. The van der Waals surface area contributed by atoms with Crippen molar-refractivity contribution >= 4 is 28.7 Å². The van der Waals surface area contributed by atoms with E-state index in [2.05, 4.69) is 10.2 Å². The summed E-state index contributed by atoms with van der Waals surface area (Å²) in [5, 5.41) is 17.3. The van der Waals surface area contributed by atoms with Gasteiger partial charge in [-0.05, 0) is 42.5 Å². The Morgan fingerprint density at radius 2 is 1.76 bits per heavy atom. The molecule has 6 heteroatoms. The van der Waals surface area contributed by atoms with Crippen LogP contribution in [0.5, 0.6) is 0 Å². The maximum absolute atomic E-state index is 11.2. The molecule has 0 unspecified atom stereocenters.